The lowest BCUT2D eigenvalue weighted by molar-refractivity contribution is -0.351. The van der Waals surface area contributed by atoms with Crippen LogP contribution in [0.4, 0.5) is 5.69 Å². The van der Waals surface area contributed by atoms with E-state index in [1.807, 2.05) is 0 Å². The SMILES string of the molecule is CC(C)c1cccc(C(C)C)c1[N+]1=[C-]B(c2c(-c3ccccc3)cccc2-c2ccccc2)C=C1. The molecule has 0 saturated heterocycles. The Kier molecular flexibility index (Phi) is 6.55. The highest BCUT2D eigenvalue weighted by molar-refractivity contribution is 7.00. The fraction of sp³-hybridized carbons (Fsp3) is 0.182. The Morgan fingerprint density at radius 3 is 1.57 bits per heavy atom. The van der Waals surface area contributed by atoms with Gasteiger partial charge in [0.25, 0.3) is 0 Å². The molecule has 35 heavy (non-hydrogen) atoms. The largest absolute Gasteiger partial charge is 0.337 e. The monoisotopic (exact) mass is 453 g/mol. The zero-order valence-corrected chi connectivity index (χ0v) is 21.1. The van der Waals surface area contributed by atoms with E-state index in [9.17, 15) is 0 Å². The molecule has 5 rings (SSSR count). The summed E-state index contributed by atoms with van der Waals surface area (Å²) in [7, 11) is 0. The van der Waals surface area contributed by atoms with E-state index < -0.39 is 0 Å². The van der Waals surface area contributed by atoms with Gasteiger partial charge in [0.1, 0.15) is 5.69 Å². The van der Waals surface area contributed by atoms with Crippen molar-refractivity contribution in [2.75, 3.05) is 0 Å². The molecule has 0 saturated carbocycles. The Labute approximate surface area is 210 Å². The third-order valence-corrected chi connectivity index (χ3v) is 6.88. The molecular weight excluding hydrogens is 421 g/mol. The van der Waals surface area contributed by atoms with E-state index in [1.54, 1.807) is 0 Å². The van der Waals surface area contributed by atoms with Crippen LogP contribution < -0.4 is 5.46 Å². The summed E-state index contributed by atoms with van der Waals surface area (Å²) < 4.78 is 2.26. The second-order valence-electron chi connectivity index (χ2n) is 9.91. The van der Waals surface area contributed by atoms with E-state index in [4.69, 9.17) is 0 Å². The maximum atomic E-state index is 3.86. The van der Waals surface area contributed by atoms with Crippen LogP contribution in [0.5, 0.6) is 0 Å². The first-order chi connectivity index (χ1) is 17.0. The Balaban J connectivity index is 1.70. The van der Waals surface area contributed by atoms with Crippen LogP contribution in [0.3, 0.4) is 0 Å². The van der Waals surface area contributed by atoms with Crippen molar-refractivity contribution >= 4 is 24.0 Å². The van der Waals surface area contributed by atoms with Crippen molar-refractivity contribution in [3.63, 3.8) is 0 Å². The lowest BCUT2D eigenvalue weighted by atomic mass is 9.44. The molecule has 0 unspecified atom stereocenters. The van der Waals surface area contributed by atoms with Gasteiger partial charge in [-0.1, -0.05) is 130 Å². The Hall–Kier alpha value is -3.65. The average Bonchev–Trinajstić information content (AvgIpc) is 3.38. The van der Waals surface area contributed by atoms with Crippen molar-refractivity contribution in [1.29, 1.82) is 0 Å². The molecule has 0 amide bonds. The average molecular weight is 453 g/mol. The molecule has 0 aromatic heterocycles. The lowest BCUT2D eigenvalue weighted by Gasteiger charge is -2.21. The third-order valence-electron chi connectivity index (χ3n) is 6.88. The van der Waals surface area contributed by atoms with Crippen LogP contribution in [0, 0.1) is 0 Å². The molecule has 1 nitrogen and oxygen atoms in total. The fourth-order valence-corrected chi connectivity index (χ4v) is 5.14. The van der Waals surface area contributed by atoms with E-state index in [0.29, 0.717) is 11.8 Å². The lowest BCUT2D eigenvalue weighted by Crippen LogP contribution is -2.33. The molecule has 2 heteroatoms. The zero-order valence-electron chi connectivity index (χ0n) is 21.1. The maximum absolute atomic E-state index is 3.86. The molecule has 0 spiro atoms. The molecule has 1 aliphatic heterocycles. The summed E-state index contributed by atoms with van der Waals surface area (Å²) in [4.78, 5) is 0. The van der Waals surface area contributed by atoms with Gasteiger partial charge in [-0.05, 0) is 45.2 Å². The standard InChI is InChI=1S/C33H32BN/c1-24(2)28-17-11-18-29(25(3)4)33(28)35-22-21-34(23-35)32-30(26-13-7-5-8-14-26)19-12-20-31(32)27-15-9-6-10-16-27/h5-22,24-25H,1-4H3. The normalized spacial score (nSPS) is 13.1. The predicted molar refractivity (Wildman–Crippen MR) is 151 cm³/mol. The first kappa shape index (κ1) is 23.1. The first-order valence-electron chi connectivity index (χ1n) is 12.6. The highest BCUT2D eigenvalue weighted by atomic mass is 15.0. The van der Waals surface area contributed by atoms with Gasteiger partial charge >= 0.3 is 0 Å². The molecule has 0 atom stereocenters. The van der Waals surface area contributed by atoms with Crippen molar-refractivity contribution in [3.8, 4) is 22.3 Å². The summed E-state index contributed by atoms with van der Waals surface area (Å²) >= 11 is 0. The number of benzene rings is 4. The highest BCUT2D eigenvalue weighted by Crippen LogP contribution is 2.35. The van der Waals surface area contributed by atoms with Crippen LogP contribution in [0.15, 0.2) is 109 Å². The summed E-state index contributed by atoms with van der Waals surface area (Å²) in [6.07, 6.45) is 6.07. The minimum atomic E-state index is 0.0573. The van der Waals surface area contributed by atoms with Gasteiger partial charge in [0, 0.05) is 0 Å². The summed E-state index contributed by atoms with van der Waals surface area (Å²) in [6.45, 7) is 9.16. The second-order valence-corrected chi connectivity index (χ2v) is 9.91. The van der Waals surface area contributed by atoms with Gasteiger partial charge < -0.3 is 4.58 Å². The molecule has 1 heterocycles. The van der Waals surface area contributed by atoms with Crippen molar-refractivity contribution in [1.82, 2.24) is 0 Å². The van der Waals surface area contributed by atoms with Gasteiger partial charge in [-0.2, -0.15) is 0 Å². The topological polar surface area (TPSA) is 3.01 Å². The molecule has 172 valence electrons. The quantitative estimate of drug-likeness (QED) is 0.159. The number of para-hydroxylation sites is 1. The van der Waals surface area contributed by atoms with Gasteiger partial charge in [-0.3, -0.25) is 0 Å². The van der Waals surface area contributed by atoms with E-state index in [0.717, 1.165) is 0 Å². The molecule has 0 aliphatic carbocycles. The van der Waals surface area contributed by atoms with Crippen LogP contribution in [0.25, 0.3) is 22.3 Å². The summed E-state index contributed by atoms with van der Waals surface area (Å²) in [6, 6.07) is 34.8. The summed E-state index contributed by atoms with van der Waals surface area (Å²) in [5.41, 5.74) is 10.3. The zero-order chi connectivity index (χ0) is 24.4. The molecule has 0 N–H and O–H groups in total. The molecule has 0 bridgehead atoms. The van der Waals surface area contributed by atoms with Crippen LogP contribution in [-0.2, 0) is 0 Å². The molecular formula is C33H32BN. The molecule has 4 aromatic carbocycles. The van der Waals surface area contributed by atoms with Crippen LogP contribution in [-0.4, -0.2) is 17.4 Å². The summed E-state index contributed by atoms with van der Waals surface area (Å²) in [5, 5.41) is 0. The number of hydrogen-bond acceptors (Lipinski definition) is 0. The highest BCUT2D eigenvalue weighted by Gasteiger charge is 2.26. The molecule has 0 fully saturated rings. The van der Waals surface area contributed by atoms with E-state index in [1.165, 1.54) is 44.5 Å². The van der Waals surface area contributed by atoms with Gasteiger partial charge in [0.15, 0.2) is 0 Å². The minimum Gasteiger partial charge on any atom is -0.337 e. The van der Waals surface area contributed by atoms with Crippen LogP contribution in [0.1, 0.15) is 50.7 Å². The predicted octanol–water partition coefficient (Wildman–Crippen LogP) is 7.87. The fourth-order valence-electron chi connectivity index (χ4n) is 5.14. The number of nitrogens with zero attached hydrogens (tertiary/aromatic N) is 1. The van der Waals surface area contributed by atoms with Gasteiger partial charge in [0.05, 0.1) is 12.3 Å². The van der Waals surface area contributed by atoms with Gasteiger partial charge in [-0.25, -0.2) is 0 Å². The Morgan fingerprint density at radius 1 is 0.600 bits per heavy atom. The Morgan fingerprint density at radius 2 is 1.09 bits per heavy atom. The number of hydrogen-bond donors (Lipinski definition) is 0. The smallest absolute Gasteiger partial charge is 0.231 e. The molecule has 4 aromatic rings. The van der Waals surface area contributed by atoms with E-state index in [-0.39, 0.29) is 6.71 Å². The van der Waals surface area contributed by atoms with Gasteiger partial charge in [-0.15, -0.1) is 5.98 Å². The number of rotatable bonds is 6. The first-order valence-corrected chi connectivity index (χ1v) is 12.6. The van der Waals surface area contributed by atoms with Crippen molar-refractivity contribution in [2.24, 2.45) is 0 Å². The van der Waals surface area contributed by atoms with Crippen LogP contribution >= 0.6 is 0 Å². The summed E-state index contributed by atoms with van der Waals surface area (Å²) in [5.74, 6) is 3.18. The molecule has 0 radical (unpaired) electrons. The minimum absolute atomic E-state index is 0.0573. The second kappa shape index (κ2) is 9.92. The Bertz CT molecular complexity index is 1300. The third kappa shape index (κ3) is 4.54. The van der Waals surface area contributed by atoms with E-state index in [2.05, 4.69) is 148 Å². The van der Waals surface area contributed by atoms with Crippen molar-refractivity contribution in [3.05, 3.63) is 120 Å². The van der Waals surface area contributed by atoms with E-state index >= 15 is 0 Å². The maximum Gasteiger partial charge on any atom is 0.231 e. The van der Waals surface area contributed by atoms with Crippen molar-refractivity contribution in [2.45, 2.75) is 39.5 Å². The van der Waals surface area contributed by atoms with Gasteiger partial charge in [0.2, 0.25) is 6.71 Å². The van der Waals surface area contributed by atoms with Crippen LogP contribution in [0.2, 0.25) is 0 Å². The van der Waals surface area contributed by atoms with Crippen molar-refractivity contribution < 1.29 is 4.58 Å². The molecule has 1 aliphatic rings.